The Balaban J connectivity index is 3.38. The maximum absolute atomic E-state index is 9.04. The molecule has 21 heavy (non-hydrogen) atoms. The molecule has 0 fully saturated rings. The fraction of sp³-hybridized carbons (Fsp3) is 0.375. The van der Waals surface area contributed by atoms with Crippen molar-refractivity contribution in [1.29, 1.82) is 21.0 Å². The van der Waals surface area contributed by atoms with E-state index in [0.29, 0.717) is 9.06 Å². The van der Waals surface area contributed by atoms with Gasteiger partial charge in [0.05, 0.1) is 9.06 Å². The molecular weight excluding hydrogens is 280 g/mol. The van der Waals surface area contributed by atoms with E-state index < -0.39 is 0 Å². The van der Waals surface area contributed by atoms with Gasteiger partial charge in [0, 0.05) is 0 Å². The highest BCUT2D eigenvalue weighted by Crippen LogP contribution is 2.07. The number of hydrogen-bond acceptors (Lipinski definition) is 5. The van der Waals surface area contributed by atoms with E-state index in [1.807, 2.05) is 24.3 Å². The first-order valence-corrected chi connectivity index (χ1v) is 7.51. The Hall–Kier alpha value is -2.60. The van der Waals surface area contributed by atoms with Crippen molar-refractivity contribution in [3.63, 3.8) is 0 Å². The van der Waals surface area contributed by atoms with Crippen LogP contribution < -0.4 is 9.06 Å². The van der Waals surface area contributed by atoms with Crippen LogP contribution in [0.4, 0.5) is 0 Å². The lowest BCUT2D eigenvalue weighted by atomic mass is 10.1. The minimum absolute atomic E-state index is 0.0243. The van der Waals surface area contributed by atoms with Gasteiger partial charge in [-0.25, -0.2) is 0 Å². The highest BCUT2D eigenvalue weighted by atomic mass is 32.1. The lowest BCUT2D eigenvalue weighted by Gasteiger charge is -1.97. The van der Waals surface area contributed by atoms with Crippen LogP contribution in [0, 0.1) is 45.3 Å². The second-order valence-corrected chi connectivity index (χ2v) is 5.53. The molecule has 4 nitrogen and oxygen atoms in total. The summed E-state index contributed by atoms with van der Waals surface area (Å²) < 4.78 is 1.12. The van der Waals surface area contributed by atoms with Crippen LogP contribution in [-0.2, 0) is 6.42 Å². The Kier molecular flexibility index (Phi) is 6.70. The quantitative estimate of drug-likeness (QED) is 0.778. The number of nitriles is 4. The van der Waals surface area contributed by atoms with Gasteiger partial charge in [0.25, 0.3) is 0 Å². The molecule has 0 atom stereocenters. The third kappa shape index (κ3) is 4.19. The van der Waals surface area contributed by atoms with Gasteiger partial charge in [-0.05, 0) is 24.5 Å². The van der Waals surface area contributed by atoms with Gasteiger partial charge in [-0.1, -0.05) is 26.2 Å². The van der Waals surface area contributed by atoms with E-state index >= 15 is 0 Å². The van der Waals surface area contributed by atoms with Gasteiger partial charge in [0.2, 0.25) is 0 Å². The normalized spacial score (nSPS) is 9.00. The molecule has 104 valence electrons. The Morgan fingerprint density at radius 3 is 2.10 bits per heavy atom. The van der Waals surface area contributed by atoms with Crippen LogP contribution >= 0.6 is 11.3 Å². The fourth-order valence-electron chi connectivity index (χ4n) is 1.95. The van der Waals surface area contributed by atoms with Crippen LogP contribution in [0.15, 0.2) is 6.07 Å². The molecular formula is C16H14N4S. The lowest BCUT2D eigenvalue weighted by Crippen LogP contribution is -2.05. The zero-order chi connectivity index (χ0) is 15.7. The van der Waals surface area contributed by atoms with Crippen LogP contribution in [0.1, 0.15) is 38.2 Å². The molecule has 0 spiro atoms. The van der Waals surface area contributed by atoms with E-state index in [0.717, 1.165) is 37.7 Å². The Labute approximate surface area is 128 Å². The van der Waals surface area contributed by atoms with Crippen molar-refractivity contribution >= 4 is 22.5 Å². The smallest absolute Gasteiger partial charge is 0.147 e. The molecule has 0 amide bonds. The molecule has 0 aliphatic carbocycles. The van der Waals surface area contributed by atoms with Crippen LogP contribution in [0.5, 0.6) is 0 Å². The lowest BCUT2D eigenvalue weighted by molar-refractivity contribution is 0.666. The molecule has 5 heteroatoms. The molecule has 0 saturated carbocycles. The van der Waals surface area contributed by atoms with Crippen molar-refractivity contribution < 1.29 is 0 Å². The molecule has 1 heterocycles. The van der Waals surface area contributed by atoms with Gasteiger partial charge in [0.15, 0.2) is 0 Å². The maximum Gasteiger partial charge on any atom is 0.147 e. The summed E-state index contributed by atoms with van der Waals surface area (Å²) in [7, 11) is 0. The van der Waals surface area contributed by atoms with Crippen molar-refractivity contribution in [2.45, 2.75) is 39.0 Å². The first kappa shape index (κ1) is 16.5. The van der Waals surface area contributed by atoms with Gasteiger partial charge in [0.1, 0.15) is 35.4 Å². The first-order chi connectivity index (χ1) is 10.2. The van der Waals surface area contributed by atoms with Crippen LogP contribution in [0.25, 0.3) is 11.1 Å². The SMILES string of the molecule is CCCCCCc1cc(=C(C#N)C#N)sc1=C(C#N)C#N. The molecule has 0 unspecified atom stereocenters. The molecule has 0 N–H and O–H groups in total. The standard InChI is InChI=1S/C16H14N4S/c1-2-3-4-5-6-12-7-15(13(8-17)9-18)21-16(12)14(10-19)11-20/h7H,2-6H2,1H3. The van der Waals surface area contributed by atoms with Crippen LogP contribution in [0.2, 0.25) is 0 Å². The molecule has 0 bridgehead atoms. The summed E-state index contributed by atoms with van der Waals surface area (Å²) in [6.07, 6.45) is 5.09. The van der Waals surface area contributed by atoms with Gasteiger partial charge in [-0.15, -0.1) is 11.3 Å². The number of unbranched alkanes of at least 4 members (excludes halogenated alkanes) is 3. The second-order valence-electron chi connectivity index (χ2n) is 4.47. The second kappa shape index (κ2) is 8.55. The average Bonchev–Trinajstić information content (AvgIpc) is 2.90. The molecule has 0 saturated heterocycles. The number of nitrogens with zero attached hydrogens (tertiary/aromatic N) is 4. The van der Waals surface area contributed by atoms with Crippen molar-refractivity contribution in [1.82, 2.24) is 0 Å². The molecule has 0 aromatic carbocycles. The summed E-state index contributed by atoms with van der Waals surface area (Å²) in [5.41, 5.74) is 0.954. The van der Waals surface area contributed by atoms with E-state index in [4.69, 9.17) is 21.0 Å². The number of hydrogen-bond donors (Lipinski definition) is 0. The van der Waals surface area contributed by atoms with Crippen molar-refractivity contribution in [2.24, 2.45) is 0 Å². The highest BCUT2D eigenvalue weighted by molar-refractivity contribution is 7.08. The van der Waals surface area contributed by atoms with E-state index in [1.54, 1.807) is 6.07 Å². The summed E-state index contributed by atoms with van der Waals surface area (Å²) in [6, 6.07) is 9.25. The molecule has 0 aliphatic rings. The van der Waals surface area contributed by atoms with E-state index in [1.165, 1.54) is 11.3 Å². The summed E-state index contributed by atoms with van der Waals surface area (Å²) in [6.45, 7) is 2.13. The summed E-state index contributed by atoms with van der Waals surface area (Å²) >= 11 is 1.17. The zero-order valence-electron chi connectivity index (χ0n) is 11.8. The van der Waals surface area contributed by atoms with Crippen molar-refractivity contribution in [3.05, 3.63) is 20.7 Å². The van der Waals surface area contributed by atoms with Crippen molar-refractivity contribution in [3.8, 4) is 24.3 Å². The van der Waals surface area contributed by atoms with Crippen LogP contribution in [-0.4, -0.2) is 0 Å². The minimum atomic E-state index is 0.0243. The largest absolute Gasteiger partial charge is 0.192 e. The van der Waals surface area contributed by atoms with Crippen molar-refractivity contribution in [2.75, 3.05) is 0 Å². The van der Waals surface area contributed by atoms with E-state index in [2.05, 4.69) is 6.92 Å². The zero-order valence-corrected chi connectivity index (χ0v) is 12.6. The monoisotopic (exact) mass is 294 g/mol. The van der Waals surface area contributed by atoms with Crippen LogP contribution in [0.3, 0.4) is 0 Å². The Morgan fingerprint density at radius 2 is 1.57 bits per heavy atom. The molecule has 1 aromatic heterocycles. The van der Waals surface area contributed by atoms with Gasteiger partial charge in [-0.3, -0.25) is 0 Å². The minimum Gasteiger partial charge on any atom is -0.192 e. The number of thiophene rings is 1. The predicted molar refractivity (Wildman–Crippen MR) is 80.7 cm³/mol. The third-order valence-electron chi connectivity index (χ3n) is 3.03. The van der Waals surface area contributed by atoms with E-state index in [-0.39, 0.29) is 11.1 Å². The van der Waals surface area contributed by atoms with Gasteiger partial charge in [-0.2, -0.15) is 21.0 Å². The summed E-state index contributed by atoms with van der Waals surface area (Å²) in [5, 5.41) is 36.0. The third-order valence-corrected chi connectivity index (χ3v) is 4.24. The Morgan fingerprint density at radius 1 is 0.952 bits per heavy atom. The molecule has 0 radical (unpaired) electrons. The molecule has 0 aliphatic heterocycles. The molecule has 1 rings (SSSR count). The topological polar surface area (TPSA) is 95.2 Å². The molecule has 1 aromatic rings. The Bertz CT molecular complexity index is 756. The van der Waals surface area contributed by atoms with E-state index in [9.17, 15) is 0 Å². The maximum atomic E-state index is 9.04. The number of rotatable bonds is 5. The van der Waals surface area contributed by atoms with Gasteiger partial charge < -0.3 is 0 Å². The fourth-order valence-corrected chi connectivity index (χ4v) is 3.05. The first-order valence-electron chi connectivity index (χ1n) is 6.69. The highest BCUT2D eigenvalue weighted by Gasteiger charge is 2.08. The average molecular weight is 294 g/mol. The predicted octanol–water partition coefficient (Wildman–Crippen LogP) is 2.27. The summed E-state index contributed by atoms with van der Waals surface area (Å²) in [4.78, 5) is 0. The summed E-state index contributed by atoms with van der Waals surface area (Å²) in [5.74, 6) is 0. The number of aryl methyl sites for hydroxylation is 1. The van der Waals surface area contributed by atoms with Gasteiger partial charge >= 0.3 is 0 Å².